The topological polar surface area (TPSA) is 565 Å². The van der Waals surface area contributed by atoms with Gasteiger partial charge in [-0.15, -0.1) is 0 Å². The van der Waals surface area contributed by atoms with Crippen LogP contribution in [0.4, 0.5) is 16.2 Å². The molecule has 3 aromatic rings. The van der Waals surface area contributed by atoms with Gasteiger partial charge in [-0.05, 0) is 172 Å². The Morgan fingerprint density at radius 3 is 1.71 bits per heavy atom. The molecule has 0 aromatic heterocycles. The van der Waals surface area contributed by atoms with Crippen molar-refractivity contribution in [2.75, 3.05) is 71.2 Å². The number of alkyl carbamates (subject to hydrolysis) is 1. The van der Waals surface area contributed by atoms with E-state index in [1.165, 1.54) is 47.9 Å². The molecule has 0 saturated carbocycles. The van der Waals surface area contributed by atoms with E-state index >= 15 is 0 Å². The molecule has 1 fully saturated rings. The molecular formula is C101H138N9O29S+. The number of carbonyl (C=O) groups excluding carboxylic acids is 12. The number of fused-ring (bicyclic) bond motifs is 2. The highest BCUT2D eigenvalue weighted by Crippen LogP contribution is 2.49. The van der Waals surface area contributed by atoms with E-state index in [1.54, 1.807) is 37.3 Å². The Labute approximate surface area is 816 Å². The number of aryl methyl sites for hydroxylation is 1. The van der Waals surface area contributed by atoms with E-state index < -0.39 is 242 Å². The van der Waals surface area contributed by atoms with Crippen LogP contribution < -0.4 is 31.5 Å². The number of oxime groups is 1. The number of hydrogen-bond donors (Lipinski definition) is 11. The van der Waals surface area contributed by atoms with Crippen molar-refractivity contribution in [3.8, 4) is 0 Å². The van der Waals surface area contributed by atoms with Crippen molar-refractivity contribution >= 4 is 133 Å². The SMILES string of the molecule is CC[N+]1=C(/C=C/C=C/C=C/C=C2/N(CCCCCC(=O)CC(CCC(=O)O)C(=O)NC(CCC(=O)O)C(=O)CC(CCC(=O)O)C(=O)NC(CCC(=O)O)C(=O)CC(CCC(=O)O)C(=O)NC(Cc3ccc(/C(C)=N/OCCNC(=O)OCCOC)cc3)C(=O)CCCOCC(=O)N3CCCC3C(=O)NC(CC(C)C)C(=O)CCC(C)=O)c3ccc(S(=O)(=O)O)cc3C2(C)C)C(C)(C)c2cc(C)ccc21. The summed E-state index contributed by atoms with van der Waals surface area (Å²) in [5, 5.41) is 66.4. The van der Waals surface area contributed by atoms with Crippen LogP contribution in [0.3, 0.4) is 0 Å². The predicted molar refractivity (Wildman–Crippen MR) is 515 cm³/mol. The monoisotopic (exact) mass is 1970 g/mol. The van der Waals surface area contributed by atoms with E-state index in [0.717, 1.165) is 18.0 Å². The number of anilines is 1. The van der Waals surface area contributed by atoms with Gasteiger partial charge in [0.15, 0.2) is 28.8 Å². The number of nitrogens with one attached hydrogen (secondary N) is 5. The average Bonchev–Trinajstić information content (AvgIpc) is 1.60. The molecule has 766 valence electrons. The molecule has 38 nitrogen and oxygen atoms in total. The molecule has 140 heavy (non-hydrogen) atoms. The van der Waals surface area contributed by atoms with Gasteiger partial charge in [0.05, 0.1) is 53.3 Å². The van der Waals surface area contributed by atoms with Crippen molar-refractivity contribution in [3.05, 3.63) is 137 Å². The van der Waals surface area contributed by atoms with Crippen LogP contribution in [-0.2, 0) is 123 Å². The second-order valence-electron chi connectivity index (χ2n) is 36.9. The zero-order valence-corrected chi connectivity index (χ0v) is 82.6. The van der Waals surface area contributed by atoms with Crippen LogP contribution in [0.15, 0.2) is 119 Å². The minimum Gasteiger partial charge on any atom is -0.481 e. The summed E-state index contributed by atoms with van der Waals surface area (Å²) >= 11 is 0. The van der Waals surface area contributed by atoms with Crippen molar-refractivity contribution < 1.29 is 144 Å². The first kappa shape index (κ1) is 116. The zero-order chi connectivity index (χ0) is 104. The first-order chi connectivity index (χ1) is 66.2. The summed E-state index contributed by atoms with van der Waals surface area (Å²) in [6, 6.07) is 10.4. The number of aliphatic carboxylic acids is 5. The van der Waals surface area contributed by atoms with Crippen molar-refractivity contribution in [3.63, 3.8) is 0 Å². The highest BCUT2D eigenvalue weighted by atomic mass is 32.2. The molecule has 3 aliphatic rings. The molecule has 6 amide bonds. The number of rotatable bonds is 66. The molecule has 0 radical (unpaired) electrons. The maximum atomic E-state index is 14.8. The van der Waals surface area contributed by atoms with E-state index in [9.17, 15) is 120 Å². The van der Waals surface area contributed by atoms with Gasteiger partial charge in [0.2, 0.25) is 35.2 Å². The number of carboxylic acids is 5. The van der Waals surface area contributed by atoms with Crippen molar-refractivity contribution in [1.82, 2.24) is 31.5 Å². The van der Waals surface area contributed by atoms with Gasteiger partial charge in [0.1, 0.15) is 44.0 Å². The van der Waals surface area contributed by atoms with Crippen molar-refractivity contribution in [2.45, 2.75) is 276 Å². The molecule has 1 saturated heterocycles. The molecule has 0 bridgehead atoms. The van der Waals surface area contributed by atoms with Crippen molar-refractivity contribution in [1.29, 1.82) is 0 Å². The largest absolute Gasteiger partial charge is 0.481 e. The van der Waals surface area contributed by atoms with Crippen LogP contribution in [0.2, 0.25) is 0 Å². The van der Waals surface area contributed by atoms with Gasteiger partial charge in [0, 0.05) is 156 Å². The van der Waals surface area contributed by atoms with E-state index in [0.29, 0.717) is 66.7 Å². The number of hydrogen-bond acceptors (Lipinski definition) is 25. The number of likely N-dealkylation sites (tertiary alicyclic amines) is 1. The Morgan fingerprint density at radius 2 is 1.14 bits per heavy atom. The van der Waals surface area contributed by atoms with Crippen molar-refractivity contribution in [2.24, 2.45) is 28.8 Å². The highest BCUT2D eigenvalue weighted by molar-refractivity contribution is 7.85. The number of ether oxygens (including phenoxy) is 3. The lowest BCUT2D eigenvalue weighted by Gasteiger charge is -2.27. The van der Waals surface area contributed by atoms with Gasteiger partial charge in [-0.25, -0.2) is 4.79 Å². The Bertz CT molecular complexity index is 5240. The minimum absolute atomic E-state index is 0.00344. The maximum Gasteiger partial charge on any atom is 0.407 e. The molecule has 3 aliphatic heterocycles. The third-order valence-corrected chi connectivity index (χ3v) is 25.6. The third kappa shape index (κ3) is 37.8. The number of Topliss-reactive ketones (excluding diaryl/α,β-unsaturated/α-hetero) is 6. The maximum absolute atomic E-state index is 14.8. The predicted octanol–water partition coefficient (Wildman–Crippen LogP) is 10.2. The van der Waals surface area contributed by atoms with Crippen LogP contribution in [0.1, 0.15) is 244 Å². The first-order valence-electron chi connectivity index (χ1n) is 47.5. The standard InChI is InChI=1S/C101H137N9O29S/c1-12-108-80-40-28-64(4)56-74(80)100(7,8)87(108)26-18-14-13-15-19-27-88-101(9,10)75-61-73(140(133,134)135)37-41-81(75)109(88)49-20-16-17-23-72(112)58-69(34-43-90(118)119)95(128)103-76(38-46-93(124)125)85(115)59-70(35-44-91(120)121)96(129)104-77(39-47-94(126)127)86(116)60-71(36-45-92(122)123)97(130)105-79(57-67-30-32-68(33-31-67)66(6)107-139-52-48-102-99(132)138-54-53-136-11)83(113)25-22-51-137-62-89(117)110-50-21-24-82(110)98(131)106-78(55-63(2)3)84(114)42-29-65(5)111/h13-15,18-19,26-28,30-33,37,40-41,56,61,63,69-71,76-79,82H,12,16-17,20-25,29,34-36,38-39,42-55,57-60,62H2,1-11H3,(H10-,102,103,104,105,106,118,119,120,121,122,123,124,125,126,127,128,129,130,131,132,133,134,135)/p+1/b107-66+. The fourth-order valence-corrected chi connectivity index (χ4v) is 17.6. The molecule has 3 aromatic carbocycles. The molecule has 0 aliphatic carbocycles. The highest BCUT2D eigenvalue weighted by Gasteiger charge is 2.45. The van der Waals surface area contributed by atoms with Gasteiger partial charge in [-0.1, -0.05) is 106 Å². The number of amides is 6. The molecule has 11 N–H and O–H groups in total. The molecule has 6 rings (SSSR count). The number of methoxy groups -OCH3 is 1. The van der Waals surface area contributed by atoms with Crippen LogP contribution in [-0.4, -0.2) is 256 Å². The molecular weight excluding hydrogens is 1840 g/mol. The van der Waals surface area contributed by atoms with Gasteiger partial charge in [-0.2, -0.15) is 13.0 Å². The summed E-state index contributed by atoms with van der Waals surface area (Å²) in [4.78, 5) is 235. The number of allylic oxidation sites excluding steroid dienone is 8. The Kier molecular flexibility index (Phi) is 47.4. The van der Waals surface area contributed by atoms with E-state index in [2.05, 4.69) is 88.3 Å². The molecule has 8 unspecified atom stereocenters. The molecule has 0 spiro atoms. The lowest BCUT2D eigenvalue weighted by Crippen LogP contribution is -2.51. The van der Waals surface area contributed by atoms with Crippen LogP contribution in [0.5, 0.6) is 0 Å². The number of nitrogens with zero attached hydrogens (tertiary/aromatic N) is 4. The summed E-state index contributed by atoms with van der Waals surface area (Å²) in [5.41, 5.74) is 7.21. The van der Waals surface area contributed by atoms with E-state index in [4.69, 9.17) is 19.0 Å². The number of carboxylic acid groups (broad SMARTS) is 5. The number of ketones is 6. The summed E-state index contributed by atoms with van der Waals surface area (Å²) < 4.78 is 52.8. The second kappa shape index (κ2) is 57.2. The lowest BCUT2D eigenvalue weighted by molar-refractivity contribution is -0.433. The summed E-state index contributed by atoms with van der Waals surface area (Å²) in [5.74, 6) is -20.2. The zero-order valence-electron chi connectivity index (χ0n) is 81.8. The smallest absolute Gasteiger partial charge is 0.407 e. The summed E-state index contributed by atoms with van der Waals surface area (Å²) in [6.45, 7) is 20.0. The Balaban J connectivity index is 1.16. The normalized spacial score (nSPS) is 16.2. The van der Waals surface area contributed by atoms with Crippen LogP contribution in [0, 0.1) is 30.6 Å². The van der Waals surface area contributed by atoms with Crippen LogP contribution in [0.25, 0.3) is 0 Å². The van der Waals surface area contributed by atoms with Gasteiger partial charge in [0.25, 0.3) is 10.1 Å². The Hall–Kier alpha value is -12.6. The van der Waals surface area contributed by atoms with Gasteiger partial charge < -0.3 is 85.8 Å². The van der Waals surface area contributed by atoms with Crippen LogP contribution >= 0.6 is 0 Å². The third-order valence-electron chi connectivity index (χ3n) is 24.8. The number of unbranched alkanes of at least 4 members (excludes halogenated alkanes) is 2. The average molecular weight is 1970 g/mol. The fourth-order valence-electron chi connectivity index (χ4n) is 17.1. The summed E-state index contributed by atoms with van der Waals surface area (Å²) in [6.07, 6.45) is 4.95. The second-order valence-corrected chi connectivity index (χ2v) is 38.3. The quantitative estimate of drug-likeness (QED) is 0.00624. The first-order valence-corrected chi connectivity index (χ1v) is 48.9. The molecule has 8 atom stereocenters. The minimum atomic E-state index is -4.59. The lowest BCUT2D eigenvalue weighted by atomic mass is 9.81. The molecule has 39 heteroatoms. The summed E-state index contributed by atoms with van der Waals surface area (Å²) in [7, 11) is -3.15. The number of benzene rings is 3. The van der Waals surface area contributed by atoms with Gasteiger partial charge >= 0.3 is 35.9 Å². The molecule has 3 heterocycles. The fraction of sp³-hybridized carbons (Fsp3) is 0.554. The number of carbonyl (C=O) groups is 17. The Morgan fingerprint density at radius 1 is 0.579 bits per heavy atom. The van der Waals surface area contributed by atoms with Gasteiger partial charge in [-0.3, -0.25) is 76.5 Å². The van der Waals surface area contributed by atoms with E-state index in [1.807, 2.05) is 69.1 Å². The van der Waals surface area contributed by atoms with E-state index in [-0.39, 0.29) is 112 Å².